The van der Waals surface area contributed by atoms with E-state index in [1.54, 1.807) is 24.3 Å². The molecular formula is C19H25N4O5S+. The van der Waals surface area contributed by atoms with Crippen LogP contribution in [0.3, 0.4) is 0 Å². The number of methoxy groups -OCH3 is 2. The predicted octanol–water partition coefficient (Wildman–Crippen LogP) is -0.398. The van der Waals surface area contributed by atoms with Crippen molar-refractivity contribution >= 4 is 34.9 Å². The summed E-state index contributed by atoms with van der Waals surface area (Å²) in [5, 5.41) is 1.37. The molecule has 0 atom stereocenters. The molecule has 10 heteroatoms. The van der Waals surface area contributed by atoms with E-state index in [-0.39, 0.29) is 17.4 Å². The van der Waals surface area contributed by atoms with Crippen molar-refractivity contribution in [2.75, 3.05) is 54.0 Å². The van der Waals surface area contributed by atoms with Crippen LogP contribution in [0.4, 0.5) is 4.79 Å². The Hall–Kier alpha value is -2.56. The SMILES string of the molecule is COc1ccc(C=C2SC(=O)N(CC(=O)NN3CC[NH+](C)CC3)C2=O)cc1OC. The number of rotatable bonds is 6. The number of hydrazine groups is 1. The van der Waals surface area contributed by atoms with Crippen LogP contribution in [0.15, 0.2) is 23.1 Å². The molecule has 2 fully saturated rings. The Balaban J connectivity index is 1.64. The summed E-state index contributed by atoms with van der Waals surface area (Å²) in [7, 11) is 5.16. The van der Waals surface area contributed by atoms with Gasteiger partial charge in [0.25, 0.3) is 17.1 Å². The summed E-state index contributed by atoms with van der Waals surface area (Å²) in [6.45, 7) is 3.02. The molecular weight excluding hydrogens is 396 g/mol. The van der Waals surface area contributed by atoms with Gasteiger partial charge in [-0.2, -0.15) is 0 Å². The van der Waals surface area contributed by atoms with Crippen LogP contribution in [0.5, 0.6) is 11.5 Å². The minimum Gasteiger partial charge on any atom is -0.493 e. The van der Waals surface area contributed by atoms with Gasteiger partial charge in [0.05, 0.1) is 52.4 Å². The molecule has 9 nitrogen and oxygen atoms in total. The molecule has 3 amide bonds. The van der Waals surface area contributed by atoms with E-state index in [0.717, 1.165) is 42.8 Å². The van der Waals surface area contributed by atoms with Crippen LogP contribution in [-0.4, -0.2) is 81.0 Å². The highest BCUT2D eigenvalue weighted by Gasteiger charge is 2.36. The Morgan fingerprint density at radius 2 is 1.90 bits per heavy atom. The average Bonchev–Trinajstić information content (AvgIpc) is 2.97. The number of hydrogen-bond donors (Lipinski definition) is 2. The van der Waals surface area contributed by atoms with Gasteiger partial charge in [-0.3, -0.25) is 24.7 Å². The van der Waals surface area contributed by atoms with Gasteiger partial charge in [-0.1, -0.05) is 6.07 Å². The number of carbonyl (C=O) groups excluding carboxylic acids is 3. The number of quaternary nitrogens is 1. The molecule has 2 saturated heterocycles. The molecule has 0 spiro atoms. The van der Waals surface area contributed by atoms with E-state index in [0.29, 0.717) is 17.1 Å². The van der Waals surface area contributed by atoms with Gasteiger partial charge in [-0.25, -0.2) is 5.01 Å². The number of likely N-dealkylation sites (N-methyl/N-ethyl adjacent to an activating group) is 1. The smallest absolute Gasteiger partial charge is 0.294 e. The number of thioether (sulfide) groups is 1. The highest BCUT2D eigenvalue weighted by atomic mass is 32.2. The lowest BCUT2D eigenvalue weighted by atomic mass is 10.2. The molecule has 0 aliphatic carbocycles. The zero-order chi connectivity index (χ0) is 21.0. The second-order valence-corrected chi connectivity index (χ2v) is 7.85. The quantitative estimate of drug-likeness (QED) is 0.604. The fraction of sp³-hybridized carbons (Fsp3) is 0.421. The summed E-state index contributed by atoms with van der Waals surface area (Å²) in [4.78, 5) is 39.8. The largest absolute Gasteiger partial charge is 0.493 e. The summed E-state index contributed by atoms with van der Waals surface area (Å²) in [5.41, 5.74) is 3.47. The van der Waals surface area contributed by atoms with Crippen LogP contribution in [0, 0.1) is 0 Å². The van der Waals surface area contributed by atoms with E-state index in [9.17, 15) is 14.4 Å². The number of nitrogens with zero attached hydrogens (tertiary/aromatic N) is 2. The lowest BCUT2D eigenvalue weighted by Gasteiger charge is -2.30. The van der Waals surface area contributed by atoms with Gasteiger partial charge < -0.3 is 14.4 Å². The van der Waals surface area contributed by atoms with Crippen molar-refractivity contribution in [2.45, 2.75) is 0 Å². The third-order valence-corrected chi connectivity index (χ3v) is 5.69. The number of imide groups is 1. The maximum atomic E-state index is 12.6. The lowest BCUT2D eigenvalue weighted by Crippen LogP contribution is -3.12. The molecule has 0 bridgehead atoms. The molecule has 0 saturated carbocycles. The molecule has 29 heavy (non-hydrogen) atoms. The minimum atomic E-state index is -0.479. The molecule has 1 aromatic rings. The Morgan fingerprint density at radius 1 is 1.21 bits per heavy atom. The Kier molecular flexibility index (Phi) is 6.78. The lowest BCUT2D eigenvalue weighted by molar-refractivity contribution is -0.884. The Labute approximate surface area is 173 Å². The van der Waals surface area contributed by atoms with Crippen molar-refractivity contribution in [3.8, 4) is 11.5 Å². The molecule has 0 aromatic heterocycles. The van der Waals surface area contributed by atoms with Gasteiger partial charge in [0.15, 0.2) is 11.5 Å². The number of ether oxygens (including phenoxy) is 2. The first-order valence-corrected chi connectivity index (χ1v) is 10.1. The molecule has 2 aliphatic rings. The van der Waals surface area contributed by atoms with Crippen molar-refractivity contribution in [3.63, 3.8) is 0 Å². The minimum absolute atomic E-state index is 0.262. The monoisotopic (exact) mass is 421 g/mol. The molecule has 2 aliphatic heterocycles. The second-order valence-electron chi connectivity index (χ2n) is 6.86. The standard InChI is InChI=1S/C19H24N4O5S/c1-21-6-8-22(9-7-21)20-17(24)12-23-18(25)16(29-19(23)26)11-13-4-5-14(27-2)15(10-13)28-3/h4-5,10-11H,6-9,12H2,1-3H3,(H,20,24)/p+1. The normalized spacial score (nSPS) is 19.7. The molecule has 2 heterocycles. The molecule has 0 unspecified atom stereocenters. The van der Waals surface area contributed by atoms with Gasteiger partial charge in [-0.05, 0) is 35.5 Å². The van der Waals surface area contributed by atoms with Gasteiger partial charge in [-0.15, -0.1) is 0 Å². The highest BCUT2D eigenvalue weighted by molar-refractivity contribution is 8.18. The van der Waals surface area contributed by atoms with Crippen LogP contribution >= 0.6 is 11.8 Å². The maximum Gasteiger partial charge on any atom is 0.294 e. The number of carbonyl (C=O) groups is 3. The van der Waals surface area contributed by atoms with Crippen molar-refractivity contribution < 1.29 is 28.8 Å². The first kappa shape index (κ1) is 21.2. The molecule has 3 rings (SSSR count). The van der Waals surface area contributed by atoms with E-state index in [4.69, 9.17) is 9.47 Å². The summed E-state index contributed by atoms with van der Waals surface area (Å²) in [5.74, 6) is 0.237. The molecule has 2 N–H and O–H groups in total. The van der Waals surface area contributed by atoms with Crippen LogP contribution in [0.2, 0.25) is 0 Å². The number of benzene rings is 1. The first-order valence-electron chi connectivity index (χ1n) is 9.24. The summed E-state index contributed by atoms with van der Waals surface area (Å²) in [6, 6.07) is 5.20. The predicted molar refractivity (Wildman–Crippen MR) is 109 cm³/mol. The molecule has 0 radical (unpaired) electrons. The Morgan fingerprint density at radius 3 is 2.55 bits per heavy atom. The fourth-order valence-corrected chi connectivity index (χ4v) is 3.92. The third-order valence-electron chi connectivity index (χ3n) is 4.78. The third kappa shape index (κ3) is 5.08. The number of piperazine rings is 1. The van der Waals surface area contributed by atoms with Crippen LogP contribution < -0.4 is 19.8 Å². The van der Waals surface area contributed by atoms with Gasteiger partial charge in [0.1, 0.15) is 6.54 Å². The zero-order valence-electron chi connectivity index (χ0n) is 16.7. The van der Waals surface area contributed by atoms with E-state index in [1.807, 2.05) is 5.01 Å². The van der Waals surface area contributed by atoms with Crippen molar-refractivity contribution in [1.29, 1.82) is 0 Å². The van der Waals surface area contributed by atoms with Gasteiger partial charge in [0.2, 0.25) is 0 Å². The zero-order valence-corrected chi connectivity index (χ0v) is 17.5. The van der Waals surface area contributed by atoms with Gasteiger partial charge in [0, 0.05) is 0 Å². The molecule has 156 valence electrons. The fourth-order valence-electron chi connectivity index (χ4n) is 3.09. The average molecular weight is 421 g/mol. The van der Waals surface area contributed by atoms with E-state index in [2.05, 4.69) is 12.5 Å². The topological polar surface area (TPSA) is 92.6 Å². The van der Waals surface area contributed by atoms with Crippen molar-refractivity contribution in [1.82, 2.24) is 15.3 Å². The number of hydrogen-bond acceptors (Lipinski definition) is 7. The summed E-state index contributed by atoms with van der Waals surface area (Å²) < 4.78 is 10.5. The Bertz CT molecular complexity index is 836. The number of nitrogens with one attached hydrogen (secondary N) is 2. The second kappa shape index (κ2) is 9.29. The highest BCUT2D eigenvalue weighted by Crippen LogP contribution is 2.34. The van der Waals surface area contributed by atoms with Crippen molar-refractivity contribution in [3.05, 3.63) is 28.7 Å². The van der Waals surface area contributed by atoms with Crippen LogP contribution in [0.1, 0.15) is 5.56 Å². The van der Waals surface area contributed by atoms with E-state index in [1.165, 1.54) is 19.1 Å². The van der Waals surface area contributed by atoms with E-state index < -0.39 is 11.1 Å². The molecule has 1 aromatic carbocycles. The summed E-state index contributed by atoms with van der Waals surface area (Å²) in [6.07, 6.45) is 1.61. The maximum absolute atomic E-state index is 12.6. The van der Waals surface area contributed by atoms with E-state index >= 15 is 0 Å². The van der Waals surface area contributed by atoms with Crippen molar-refractivity contribution in [2.24, 2.45) is 0 Å². The van der Waals surface area contributed by atoms with Crippen LogP contribution in [-0.2, 0) is 9.59 Å². The number of amides is 3. The van der Waals surface area contributed by atoms with Crippen LogP contribution in [0.25, 0.3) is 6.08 Å². The first-order chi connectivity index (χ1) is 13.9. The van der Waals surface area contributed by atoms with Gasteiger partial charge >= 0.3 is 0 Å². The summed E-state index contributed by atoms with van der Waals surface area (Å²) >= 11 is 0.818.